The zero-order chi connectivity index (χ0) is 23.1. The molecule has 1 amide bonds. The topological polar surface area (TPSA) is 75.9 Å². The van der Waals surface area contributed by atoms with Gasteiger partial charge in [-0.05, 0) is 42.7 Å². The first-order valence-electron chi connectivity index (χ1n) is 10.8. The van der Waals surface area contributed by atoms with E-state index in [2.05, 4.69) is 25.3 Å². The highest BCUT2D eigenvalue weighted by atomic mass is 19.4. The highest BCUT2D eigenvalue weighted by Gasteiger charge is 2.40. The Hall–Kier alpha value is -3.27. The maximum absolute atomic E-state index is 12.9. The molecule has 1 N–H and O–H groups in total. The second-order valence-electron chi connectivity index (χ2n) is 8.72. The highest BCUT2D eigenvalue weighted by molar-refractivity contribution is 5.77. The molecule has 4 heterocycles. The van der Waals surface area contributed by atoms with Gasteiger partial charge in [0.1, 0.15) is 12.4 Å². The molecule has 0 saturated carbocycles. The number of alkyl halides is 3. The van der Waals surface area contributed by atoms with Crippen LogP contribution in [0.4, 0.5) is 13.2 Å². The Morgan fingerprint density at radius 2 is 1.73 bits per heavy atom. The van der Waals surface area contributed by atoms with E-state index >= 15 is 0 Å². The summed E-state index contributed by atoms with van der Waals surface area (Å²) in [6.45, 7) is 2.55. The van der Waals surface area contributed by atoms with Crippen molar-refractivity contribution < 1.29 is 18.0 Å². The molecular formula is C23H23F3N6O. The molecule has 1 fully saturated rings. The molecule has 33 heavy (non-hydrogen) atoms. The molecule has 0 atom stereocenters. The fraction of sp³-hybridized carbons (Fsp3) is 0.391. The SMILES string of the molecule is O=C1Cn2nc(-c3ccc(C(F)(F)F)cc3)nc2CC2(CCN(Cc3ccncc3)CC2)N1. The zero-order valence-corrected chi connectivity index (χ0v) is 17.8. The Labute approximate surface area is 188 Å². The van der Waals surface area contributed by atoms with Crippen molar-refractivity contribution in [3.8, 4) is 11.4 Å². The molecule has 1 saturated heterocycles. The first kappa shape index (κ1) is 21.6. The molecule has 172 valence electrons. The summed E-state index contributed by atoms with van der Waals surface area (Å²) < 4.78 is 40.2. The minimum absolute atomic E-state index is 0.0471. The van der Waals surface area contributed by atoms with Crippen LogP contribution in [0.5, 0.6) is 0 Å². The number of rotatable bonds is 3. The summed E-state index contributed by atoms with van der Waals surface area (Å²) in [6, 6.07) is 8.78. The third-order valence-corrected chi connectivity index (χ3v) is 6.38. The second-order valence-corrected chi connectivity index (χ2v) is 8.72. The lowest BCUT2D eigenvalue weighted by Gasteiger charge is -2.41. The lowest BCUT2D eigenvalue weighted by molar-refractivity contribution is -0.137. The van der Waals surface area contributed by atoms with Gasteiger partial charge in [0.05, 0.1) is 5.56 Å². The summed E-state index contributed by atoms with van der Waals surface area (Å²) >= 11 is 0. The normalized spacial score (nSPS) is 18.6. The molecule has 1 spiro atoms. The van der Waals surface area contributed by atoms with Gasteiger partial charge in [0, 0.05) is 49.6 Å². The summed E-state index contributed by atoms with van der Waals surface area (Å²) in [5, 5.41) is 7.61. The number of nitrogens with one attached hydrogen (secondary N) is 1. The number of pyridine rings is 1. The van der Waals surface area contributed by atoms with Gasteiger partial charge in [0.2, 0.25) is 5.91 Å². The van der Waals surface area contributed by atoms with Gasteiger partial charge in [-0.3, -0.25) is 14.7 Å². The van der Waals surface area contributed by atoms with Crippen LogP contribution in [0.25, 0.3) is 11.4 Å². The number of piperidine rings is 1. The molecule has 0 unspecified atom stereocenters. The van der Waals surface area contributed by atoms with E-state index in [0.717, 1.165) is 44.6 Å². The van der Waals surface area contributed by atoms with Gasteiger partial charge in [0.15, 0.2) is 5.82 Å². The molecule has 1 aromatic carbocycles. The van der Waals surface area contributed by atoms with Crippen LogP contribution >= 0.6 is 0 Å². The van der Waals surface area contributed by atoms with Gasteiger partial charge in [-0.1, -0.05) is 12.1 Å². The van der Waals surface area contributed by atoms with Crippen molar-refractivity contribution >= 4 is 5.91 Å². The molecule has 10 heteroatoms. The van der Waals surface area contributed by atoms with E-state index in [1.165, 1.54) is 17.7 Å². The summed E-state index contributed by atoms with van der Waals surface area (Å²) in [6.07, 6.45) is 1.28. The molecule has 3 aromatic rings. The van der Waals surface area contributed by atoms with E-state index in [4.69, 9.17) is 0 Å². The van der Waals surface area contributed by atoms with Crippen LogP contribution in [0.15, 0.2) is 48.8 Å². The maximum Gasteiger partial charge on any atom is 0.416 e. The number of amides is 1. The number of likely N-dealkylation sites (tertiary alicyclic amines) is 1. The molecule has 7 nitrogen and oxygen atoms in total. The van der Waals surface area contributed by atoms with Gasteiger partial charge < -0.3 is 5.32 Å². The Kier molecular flexibility index (Phi) is 5.40. The van der Waals surface area contributed by atoms with Crippen molar-refractivity contribution in [1.82, 2.24) is 30.0 Å². The number of nitrogens with zero attached hydrogens (tertiary/aromatic N) is 5. The zero-order valence-electron chi connectivity index (χ0n) is 17.8. The van der Waals surface area contributed by atoms with Crippen molar-refractivity contribution in [2.75, 3.05) is 13.1 Å². The minimum Gasteiger partial charge on any atom is -0.349 e. The quantitative estimate of drug-likeness (QED) is 0.656. The molecule has 2 aliphatic rings. The van der Waals surface area contributed by atoms with Gasteiger partial charge in [-0.15, -0.1) is 0 Å². The van der Waals surface area contributed by atoms with Crippen LogP contribution in [0.1, 0.15) is 29.8 Å². The van der Waals surface area contributed by atoms with Crippen molar-refractivity contribution in [3.05, 3.63) is 65.7 Å². The van der Waals surface area contributed by atoms with Crippen LogP contribution in [-0.2, 0) is 30.5 Å². The maximum atomic E-state index is 12.9. The van der Waals surface area contributed by atoms with Crippen molar-refractivity contribution in [3.63, 3.8) is 0 Å². The van der Waals surface area contributed by atoms with E-state index in [9.17, 15) is 18.0 Å². The first-order valence-corrected chi connectivity index (χ1v) is 10.8. The van der Waals surface area contributed by atoms with Crippen LogP contribution in [0, 0.1) is 0 Å². The van der Waals surface area contributed by atoms with Crippen molar-refractivity contribution in [1.29, 1.82) is 0 Å². The van der Waals surface area contributed by atoms with E-state index in [0.29, 0.717) is 23.6 Å². The number of hydrogen-bond donors (Lipinski definition) is 1. The van der Waals surface area contributed by atoms with E-state index in [1.54, 1.807) is 17.1 Å². The largest absolute Gasteiger partial charge is 0.416 e. The molecule has 0 bridgehead atoms. The lowest BCUT2D eigenvalue weighted by Crippen LogP contribution is -2.56. The third kappa shape index (κ3) is 4.61. The number of carbonyl (C=O) groups is 1. The summed E-state index contributed by atoms with van der Waals surface area (Å²) in [4.78, 5) is 23.7. The highest BCUT2D eigenvalue weighted by Crippen LogP contribution is 2.32. The van der Waals surface area contributed by atoms with Crippen molar-refractivity contribution in [2.45, 2.75) is 44.1 Å². The Morgan fingerprint density at radius 3 is 2.39 bits per heavy atom. The number of aromatic nitrogens is 4. The van der Waals surface area contributed by atoms with Crippen LogP contribution < -0.4 is 5.32 Å². The van der Waals surface area contributed by atoms with E-state index < -0.39 is 17.3 Å². The van der Waals surface area contributed by atoms with Gasteiger partial charge in [0.25, 0.3) is 0 Å². The number of benzene rings is 1. The predicted molar refractivity (Wildman–Crippen MR) is 114 cm³/mol. The standard InChI is InChI=1S/C23H23F3N6O/c24-23(25,26)18-3-1-17(2-4-18)21-28-19-13-22(29-20(33)15-32(19)30-21)7-11-31(12-8-22)14-16-5-9-27-10-6-16/h1-6,9-10H,7-8,11-15H2,(H,29,33). The summed E-state index contributed by atoms with van der Waals surface area (Å²) in [5.41, 5.74) is 0.575. The minimum atomic E-state index is -4.39. The fourth-order valence-corrected chi connectivity index (χ4v) is 4.57. The second kappa shape index (κ2) is 8.26. The Balaban J connectivity index is 1.32. The number of fused-ring (bicyclic) bond motifs is 1. The number of hydrogen-bond acceptors (Lipinski definition) is 5. The third-order valence-electron chi connectivity index (χ3n) is 6.38. The average molecular weight is 456 g/mol. The molecular weight excluding hydrogens is 433 g/mol. The van der Waals surface area contributed by atoms with Crippen LogP contribution in [0.3, 0.4) is 0 Å². The Morgan fingerprint density at radius 1 is 1.03 bits per heavy atom. The molecule has 0 radical (unpaired) electrons. The van der Waals surface area contributed by atoms with Gasteiger partial charge in [-0.25, -0.2) is 9.67 Å². The summed E-state index contributed by atoms with van der Waals surface area (Å²) in [5.74, 6) is 0.879. The Bertz CT molecular complexity index is 1140. The van der Waals surface area contributed by atoms with E-state index in [-0.39, 0.29) is 12.5 Å². The smallest absolute Gasteiger partial charge is 0.349 e. The summed E-state index contributed by atoms with van der Waals surface area (Å²) in [7, 11) is 0. The monoisotopic (exact) mass is 456 g/mol. The molecule has 2 aliphatic heterocycles. The fourth-order valence-electron chi connectivity index (χ4n) is 4.57. The van der Waals surface area contributed by atoms with Crippen LogP contribution in [0.2, 0.25) is 0 Å². The molecule has 0 aliphatic carbocycles. The molecule has 2 aromatic heterocycles. The number of carbonyl (C=O) groups excluding carboxylic acids is 1. The predicted octanol–water partition coefficient (Wildman–Crippen LogP) is 3.07. The van der Waals surface area contributed by atoms with Gasteiger partial charge >= 0.3 is 6.18 Å². The molecule has 5 rings (SSSR count). The van der Waals surface area contributed by atoms with Crippen LogP contribution in [-0.4, -0.2) is 49.2 Å². The lowest BCUT2D eigenvalue weighted by atomic mass is 9.84. The number of halogens is 3. The van der Waals surface area contributed by atoms with Gasteiger partial charge in [-0.2, -0.15) is 18.3 Å². The average Bonchev–Trinajstić information content (AvgIpc) is 3.11. The first-order chi connectivity index (χ1) is 15.8. The van der Waals surface area contributed by atoms with Crippen molar-refractivity contribution in [2.24, 2.45) is 0 Å². The van der Waals surface area contributed by atoms with E-state index in [1.807, 2.05) is 12.1 Å².